The van der Waals surface area contributed by atoms with E-state index in [1.807, 2.05) is 11.4 Å². The summed E-state index contributed by atoms with van der Waals surface area (Å²) >= 11 is 4.94. The average Bonchev–Trinajstić information content (AvgIpc) is 2.83. The number of hydrogen-bond donors (Lipinski definition) is 1. The number of benzene rings is 1. The number of alkyl halides is 2. The highest BCUT2D eigenvalue weighted by atomic mass is 79.9. The maximum atomic E-state index is 12.4. The number of rotatable bonds is 6. The summed E-state index contributed by atoms with van der Waals surface area (Å²) in [6.45, 7) is -2.35. The van der Waals surface area contributed by atoms with Gasteiger partial charge >= 0.3 is 6.61 Å². The molecule has 0 bridgehead atoms. The molecule has 0 atom stereocenters. The molecule has 1 heterocycles. The normalized spacial score (nSPS) is 10.7. The van der Waals surface area contributed by atoms with Crippen molar-refractivity contribution in [1.29, 1.82) is 0 Å². The third-order valence-corrected chi connectivity index (χ3v) is 4.06. The van der Waals surface area contributed by atoms with Crippen LogP contribution in [0.2, 0.25) is 0 Å². The Morgan fingerprint density at radius 3 is 2.75 bits per heavy atom. The van der Waals surface area contributed by atoms with E-state index >= 15 is 0 Å². The van der Waals surface area contributed by atoms with Crippen LogP contribution in [0.1, 0.15) is 5.56 Å². The monoisotopic (exact) mass is 363 g/mol. The van der Waals surface area contributed by atoms with Crippen LogP contribution >= 0.6 is 27.3 Å². The second-order valence-corrected chi connectivity index (χ2v) is 6.14. The first-order valence-electron chi connectivity index (χ1n) is 5.68. The Morgan fingerprint density at radius 2 is 2.15 bits per heavy atom. The summed E-state index contributed by atoms with van der Waals surface area (Å²) in [6.07, 6.45) is 0. The molecule has 0 saturated heterocycles. The number of thiophene rings is 1. The summed E-state index contributed by atoms with van der Waals surface area (Å²) in [5.41, 5.74) is 1.51. The molecule has 1 aromatic carbocycles. The zero-order chi connectivity index (χ0) is 14.5. The number of ether oxygens (including phenoxy) is 2. The van der Waals surface area contributed by atoms with Gasteiger partial charge in [-0.25, -0.2) is 0 Å². The van der Waals surface area contributed by atoms with Gasteiger partial charge in [-0.1, -0.05) is 0 Å². The lowest BCUT2D eigenvalue weighted by molar-refractivity contribution is -0.0493. The molecule has 0 amide bonds. The van der Waals surface area contributed by atoms with Crippen molar-refractivity contribution in [2.75, 3.05) is 12.4 Å². The predicted molar refractivity (Wildman–Crippen MR) is 79.0 cm³/mol. The first-order valence-corrected chi connectivity index (χ1v) is 7.35. The standard InChI is InChI=1S/C13H12BrF2NO2S/c1-18-9-2-3-11(19-13(15)16)10(5-9)17-6-8-4-12(14)20-7-8/h2-5,7,13,17H,6H2,1H3. The lowest BCUT2D eigenvalue weighted by Gasteiger charge is -2.13. The highest BCUT2D eigenvalue weighted by molar-refractivity contribution is 9.11. The fourth-order valence-corrected chi connectivity index (χ4v) is 2.82. The topological polar surface area (TPSA) is 30.5 Å². The minimum absolute atomic E-state index is 0.0927. The minimum Gasteiger partial charge on any atom is -0.497 e. The SMILES string of the molecule is COc1ccc(OC(F)F)c(NCc2csc(Br)c2)c1. The molecule has 0 aliphatic rings. The molecule has 3 nitrogen and oxygen atoms in total. The zero-order valence-electron chi connectivity index (χ0n) is 10.5. The predicted octanol–water partition coefficient (Wildman–Crippen LogP) is 4.73. The third-order valence-electron chi connectivity index (χ3n) is 2.51. The maximum absolute atomic E-state index is 12.4. The van der Waals surface area contributed by atoms with Gasteiger partial charge < -0.3 is 14.8 Å². The van der Waals surface area contributed by atoms with Crippen LogP contribution in [0.25, 0.3) is 0 Å². The highest BCUT2D eigenvalue weighted by Crippen LogP contribution is 2.31. The van der Waals surface area contributed by atoms with Gasteiger partial charge in [0.2, 0.25) is 0 Å². The molecule has 0 unspecified atom stereocenters. The van der Waals surface area contributed by atoms with Crippen molar-refractivity contribution in [3.8, 4) is 11.5 Å². The molecule has 0 radical (unpaired) electrons. The minimum atomic E-state index is -2.86. The van der Waals surface area contributed by atoms with Gasteiger partial charge in [0.25, 0.3) is 0 Å². The van der Waals surface area contributed by atoms with Crippen LogP contribution in [0.3, 0.4) is 0 Å². The highest BCUT2D eigenvalue weighted by Gasteiger charge is 2.11. The Morgan fingerprint density at radius 1 is 1.35 bits per heavy atom. The Kier molecular flexibility index (Phi) is 5.19. The van der Waals surface area contributed by atoms with E-state index in [-0.39, 0.29) is 5.75 Å². The summed E-state index contributed by atoms with van der Waals surface area (Å²) in [7, 11) is 1.52. The first-order chi connectivity index (χ1) is 9.58. The summed E-state index contributed by atoms with van der Waals surface area (Å²) in [5, 5.41) is 5.05. The molecule has 2 rings (SSSR count). The van der Waals surface area contributed by atoms with E-state index in [2.05, 4.69) is 26.0 Å². The molecular weight excluding hydrogens is 352 g/mol. The van der Waals surface area contributed by atoms with E-state index in [1.54, 1.807) is 23.5 Å². The van der Waals surface area contributed by atoms with Gasteiger partial charge in [-0.15, -0.1) is 11.3 Å². The molecule has 108 valence electrons. The molecule has 2 aromatic rings. The van der Waals surface area contributed by atoms with Gasteiger partial charge in [-0.05, 0) is 45.1 Å². The smallest absolute Gasteiger partial charge is 0.387 e. The number of hydrogen-bond acceptors (Lipinski definition) is 4. The van der Waals surface area contributed by atoms with Gasteiger partial charge in [-0.2, -0.15) is 8.78 Å². The van der Waals surface area contributed by atoms with Crippen LogP contribution in [0.15, 0.2) is 33.4 Å². The molecule has 0 aliphatic heterocycles. The lowest BCUT2D eigenvalue weighted by Crippen LogP contribution is -2.06. The number of nitrogens with one attached hydrogen (secondary N) is 1. The number of methoxy groups -OCH3 is 1. The number of halogens is 3. The first kappa shape index (κ1) is 15.1. The molecule has 20 heavy (non-hydrogen) atoms. The van der Waals surface area contributed by atoms with Crippen molar-refractivity contribution in [2.24, 2.45) is 0 Å². The lowest BCUT2D eigenvalue weighted by atomic mass is 10.2. The van der Waals surface area contributed by atoms with Gasteiger partial charge in [0.15, 0.2) is 0 Å². The fourth-order valence-electron chi connectivity index (χ4n) is 1.61. The van der Waals surface area contributed by atoms with Crippen LogP contribution in [-0.4, -0.2) is 13.7 Å². The van der Waals surface area contributed by atoms with E-state index in [0.29, 0.717) is 18.0 Å². The average molecular weight is 364 g/mol. The molecule has 0 spiro atoms. The summed E-state index contributed by atoms with van der Waals surface area (Å²) in [6, 6.07) is 6.62. The van der Waals surface area contributed by atoms with Crippen molar-refractivity contribution in [2.45, 2.75) is 13.2 Å². The van der Waals surface area contributed by atoms with Crippen molar-refractivity contribution >= 4 is 33.0 Å². The number of anilines is 1. The molecular formula is C13H12BrF2NO2S. The van der Waals surface area contributed by atoms with Crippen molar-refractivity contribution in [3.05, 3.63) is 39.0 Å². The van der Waals surface area contributed by atoms with Crippen LogP contribution in [0.4, 0.5) is 14.5 Å². The van der Waals surface area contributed by atoms with Gasteiger partial charge in [-0.3, -0.25) is 0 Å². The molecule has 0 aliphatic carbocycles. The molecule has 0 fully saturated rings. The summed E-state index contributed by atoms with van der Waals surface area (Å²) in [5.74, 6) is 0.663. The van der Waals surface area contributed by atoms with E-state index in [0.717, 1.165) is 9.35 Å². The van der Waals surface area contributed by atoms with E-state index in [1.165, 1.54) is 13.2 Å². The maximum Gasteiger partial charge on any atom is 0.387 e. The Hall–Kier alpha value is -1.34. The molecule has 1 N–H and O–H groups in total. The van der Waals surface area contributed by atoms with Crippen molar-refractivity contribution < 1.29 is 18.3 Å². The van der Waals surface area contributed by atoms with Gasteiger partial charge in [0.05, 0.1) is 16.6 Å². The van der Waals surface area contributed by atoms with E-state index in [4.69, 9.17) is 4.74 Å². The quantitative estimate of drug-likeness (QED) is 0.804. The fraction of sp³-hybridized carbons (Fsp3) is 0.231. The second-order valence-electron chi connectivity index (χ2n) is 3.85. The summed E-state index contributed by atoms with van der Waals surface area (Å²) in [4.78, 5) is 0. The third kappa shape index (κ3) is 4.08. The van der Waals surface area contributed by atoms with Crippen LogP contribution in [-0.2, 0) is 6.54 Å². The largest absolute Gasteiger partial charge is 0.497 e. The molecule has 7 heteroatoms. The van der Waals surface area contributed by atoms with E-state index < -0.39 is 6.61 Å². The van der Waals surface area contributed by atoms with Crippen molar-refractivity contribution in [1.82, 2.24) is 0 Å². The Bertz CT molecular complexity index is 577. The van der Waals surface area contributed by atoms with E-state index in [9.17, 15) is 8.78 Å². The Labute approximate surface area is 127 Å². The zero-order valence-corrected chi connectivity index (χ0v) is 12.9. The molecule has 0 saturated carbocycles. The van der Waals surface area contributed by atoms with Gasteiger partial charge in [0.1, 0.15) is 11.5 Å². The molecule has 1 aromatic heterocycles. The van der Waals surface area contributed by atoms with Crippen molar-refractivity contribution in [3.63, 3.8) is 0 Å². The van der Waals surface area contributed by atoms with Crippen LogP contribution < -0.4 is 14.8 Å². The van der Waals surface area contributed by atoms with Crippen LogP contribution in [0, 0.1) is 0 Å². The Balaban J connectivity index is 2.14. The second kappa shape index (κ2) is 6.90. The summed E-state index contributed by atoms with van der Waals surface area (Å²) < 4.78 is 35.3. The van der Waals surface area contributed by atoms with Crippen LogP contribution in [0.5, 0.6) is 11.5 Å². The van der Waals surface area contributed by atoms with Gasteiger partial charge in [0, 0.05) is 12.6 Å².